The van der Waals surface area contributed by atoms with Crippen LogP contribution in [0.5, 0.6) is 0 Å². The SMILES string of the molecule is CN=C(NCCc1csc(C)n1)NCC1(NC(C)c2ccccc2)CCCC1.I. The lowest BCUT2D eigenvalue weighted by Gasteiger charge is -2.35. The fourth-order valence-corrected chi connectivity index (χ4v) is 4.66. The lowest BCUT2D eigenvalue weighted by atomic mass is 9.94. The summed E-state index contributed by atoms with van der Waals surface area (Å²) in [6.45, 7) is 6.04. The highest BCUT2D eigenvalue weighted by Gasteiger charge is 2.35. The van der Waals surface area contributed by atoms with E-state index in [0.717, 1.165) is 36.2 Å². The summed E-state index contributed by atoms with van der Waals surface area (Å²) in [6, 6.07) is 11.0. The van der Waals surface area contributed by atoms with E-state index in [0.29, 0.717) is 6.04 Å². The van der Waals surface area contributed by atoms with Gasteiger partial charge in [-0.2, -0.15) is 0 Å². The van der Waals surface area contributed by atoms with E-state index in [1.54, 1.807) is 11.3 Å². The van der Waals surface area contributed by atoms with Crippen LogP contribution in [0.3, 0.4) is 0 Å². The first kappa shape index (κ1) is 24.1. The fraction of sp³-hybridized carbons (Fsp3) is 0.545. The van der Waals surface area contributed by atoms with Crippen LogP contribution < -0.4 is 16.0 Å². The van der Waals surface area contributed by atoms with Gasteiger partial charge in [-0.15, -0.1) is 35.3 Å². The molecule has 1 aliphatic carbocycles. The number of guanidine groups is 1. The van der Waals surface area contributed by atoms with E-state index < -0.39 is 0 Å². The Labute approximate surface area is 196 Å². The molecule has 0 bridgehead atoms. The highest BCUT2D eigenvalue weighted by Crippen LogP contribution is 2.31. The number of rotatable bonds is 8. The Morgan fingerprint density at radius 3 is 2.55 bits per heavy atom. The van der Waals surface area contributed by atoms with Gasteiger partial charge in [-0.3, -0.25) is 4.99 Å². The second-order valence-electron chi connectivity index (χ2n) is 7.72. The van der Waals surface area contributed by atoms with Crippen molar-refractivity contribution in [2.45, 2.75) is 57.5 Å². The van der Waals surface area contributed by atoms with E-state index in [1.807, 2.05) is 14.0 Å². The summed E-state index contributed by atoms with van der Waals surface area (Å²) in [5, 5.41) is 14.2. The third-order valence-electron chi connectivity index (χ3n) is 5.54. The van der Waals surface area contributed by atoms with Gasteiger partial charge < -0.3 is 16.0 Å². The number of hydrogen-bond acceptors (Lipinski definition) is 4. The molecule has 0 saturated heterocycles. The van der Waals surface area contributed by atoms with Crippen molar-refractivity contribution in [2.75, 3.05) is 20.1 Å². The van der Waals surface area contributed by atoms with Crippen molar-refractivity contribution < 1.29 is 0 Å². The summed E-state index contributed by atoms with van der Waals surface area (Å²) in [6.07, 6.45) is 5.88. The van der Waals surface area contributed by atoms with Crippen LogP contribution in [-0.4, -0.2) is 36.6 Å². The van der Waals surface area contributed by atoms with E-state index in [9.17, 15) is 0 Å². The molecule has 160 valence electrons. The van der Waals surface area contributed by atoms with Gasteiger partial charge in [-0.05, 0) is 32.3 Å². The van der Waals surface area contributed by atoms with Crippen molar-refractivity contribution in [2.24, 2.45) is 4.99 Å². The molecule has 1 unspecified atom stereocenters. The van der Waals surface area contributed by atoms with Gasteiger partial charge in [0.15, 0.2) is 5.96 Å². The third-order valence-corrected chi connectivity index (χ3v) is 6.36. The minimum absolute atomic E-state index is 0. The standard InChI is InChI=1S/C22H33N5S.HI/c1-17(19-9-5-4-6-10-19)27-22(12-7-8-13-22)16-25-21(23-3)24-14-11-20-15-28-18(2)26-20;/h4-6,9-10,15,17,27H,7-8,11-14,16H2,1-3H3,(H2,23,24,25);1H. The average molecular weight is 528 g/mol. The van der Waals surface area contributed by atoms with Gasteiger partial charge in [0.1, 0.15) is 0 Å². The molecule has 0 radical (unpaired) electrons. The number of hydrogen-bond donors (Lipinski definition) is 3. The van der Waals surface area contributed by atoms with Crippen LogP contribution in [-0.2, 0) is 6.42 Å². The monoisotopic (exact) mass is 527 g/mol. The van der Waals surface area contributed by atoms with Gasteiger partial charge >= 0.3 is 0 Å². The Morgan fingerprint density at radius 2 is 1.93 bits per heavy atom. The molecular formula is C22H34IN5S. The number of benzene rings is 1. The molecule has 3 rings (SSSR count). The first-order valence-corrected chi connectivity index (χ1v) is 11.2. The first-order valence-electron chi connectivity index (χ1n) is 10.3. The number of aryl methyl sites for hydroxylation is 1. The summed E-state index contributed by atoms with van der Waals surface area (Å²) < 4.78 is 0. The molecular weight excluding hydrogens is 493 g/mol. The van der Waals surface area contributed by atoms with Gasteiger partial charge in [-0.1, -0.05) is 43.2 Å². The molecule has 7 heteroatoms. The van der Waals surface area contributed by atoms with Crippen LogP contribution in [0.1, 0.15) is 54.9 Å². The maximum absolute atomic E-state index is 4.52. The summed E-state index contributed by atoms with van der Waals surface area (Å²) in [5.41, 5.74) is 2.62. The smallest absolute Gasteiger partial charge is 0.191 e. The van der Waals surface area contributed by atoms with Gasteiger partial charge in [0, 0.05) is 43.5 Å². The second kappa shape index (κ2) is 11.9. The van der Waals surface area contributed by atoms with Crippen LogP contribution in [0.2, 0.25) is 0 Å². The topological polar surface area (TPSA) is 61.3 Å². The summed E-state index contributed by atoms with van der Waals surface area (Å²) in [7, 11) is 1.84. The Bertz CT molecular complexity index is 756. The molecule has 1 atom stereocenters. The maximum atomic E-state index is 4.52. The second-order valence-corrected chi connectivity index (χ2v) is 8.79. The van der Waals surface area contributed by atoms with Gasteiger partial charge in [-0.25, -0.2) is 4.98 Å². The predicted octanol–water partition coefficient (Wildman–Crippen LogP) is 4.44. The fourth-order valence-electron chi connectivity index (χ4n) is 4.01. The molecule has 1 aliphatic rings. The van der Waals surface area contributed by atoms with E-state index in [2.05, 4.69) is 68.6 Å². The number of aromatic nitrogens is 1. The molecule has 1 heterocycles. The Kier molecular flexibility index (Phi) is 9.85. The van der Waals surface area contributed by atoms with Crippen LogP contribution >= 0.6 is 35.3 Å². The van der Waals surface area contributed by atoms with Crippen molar-refractivity contribution >= 4 is 41.3 Å². The van der Waals surface area contributed by atoms with Gasteiger partial charge in [0.2, 0.25) is 0 Å². The normalized spacial score (nSPS) is 16.9. The predicted molar refractivity (Wildman–Crippen MR) is 135 cm³/mol. The number of thiazole rings is 1. The highest BCUT2D eigenvalue weighted by molar-refractivity contribution is 14.0. The number of nitrogens with zero attached hydrogens (tertiary/aromatic N) is 2. The Balaban J connectivity index is 0.00000300. The molecule has 2 aromatic rings. The molecule has 1 fully saturated rings. The van der Waals surface area contributed by atoms with E-state index >= 15 is 0 Å². The van der Waals surface area contributed by atoms with Crippen molar-refractivity contribution in [1.29, 1.82) is 0 Å². The minimum Gasteiger partial charge on any atom is -0.356 e. The average Bonchev–Trinajstić information content (AvgIpc) is 3.34. The largest absolute Gasteiger partial charge is 0.356 e. The summed E-state index contributed by atoms with van der Waals surface area (Å²) >= 11 is 1.71. The highest BCUT2D eigenvalue weighted by atomic mass is 127. The molecule has 5 nitrogen and oxygen atoms in total. The Hall–Kier alpha value is -1.19. The van der Waals surface area contributed by atoms with Crippen molar-refractivity contribution in [3.8, 4) is 0 Å². The number of nitrogens with one attached hydrogen (secondary N) is 3. The van der Waals surface area contributed by atoms with Crippen LogP contribution in [0, 0.1) is 6.92 Å². The lowest BCUT2D eigenvalue weighted by molar-refractivity contribution is 0.297. The number of halogens is 1. The zero-order valence-electron chi connectivity index (χ0n) is 17.7. The molecule has 1 aromatic carbocycles. The third kappa shape index (κ3) is 7.22. The zero-order valence-corrected chi connectivity index (χ0v) is 20.8. The molecule has 29 heavy (non-hydrogen) atoms. The van der Waals surface area contributed by atoms with Gasteiger partial charge in [0.25, 0.3) is 0 Å². The molecule has 1 saturated carbocycles. The van der Waals surface area contributed by atoms with Crippen LogP contribution in [0.25, 0.3) is 0 Å². The van der Waals surface area contributed by atoms with Crippen molar-refractivity contribution in [3.63, 3.8) is 0 Å². The van der Waals surface area contributed by atoms with Crippen molar-refractivity contribution in [3.05, 3.63) is 52.0 Å². The molecule has 0 aliphatic heterocycles. The molecule has 3 N–H and O–H groups in total. The van der Waals surface area contributed by atoms with E-state index in [4.69, 9.17) is 0 Å². The van der Waals surface area contributed by atoms with Crippen LogP contribution in [0.4, 0.5) is 0 Å². The zero-order chi connectivity index (χ0) is 19.8. The molecule has 0 amide bonds. The minimum atomic E-state index is 0. The lowest BCUT2D eigenvalue weighted by Crippen LogP contribution is -2.54. The number of aliphatic imine (C=N–C) groups is 1. The van der Waals surface area contributed by atoms with Gasteiger partial charge in [0.05, 0.1) is 10.7 Å². The molecule has 0 spiro atoms. The Morgan fingerprint density at radius 1 is 1.21 bits per heavy atom. The summed E-state index contributed by atoms with van der Waals surface area (Å²) in [5.74, 6) is 0.868. The quantitative estimate of drug-likeness (QED) is 0.270. The van der Waals surface area contributed by atoms with E-state index in [-0.39, 0.29) is 29.5 Å². The maximum Gasteiger partial charge on any atom is 0.191 e. The summed E-state index contributed by atoms with van der Waals surface area (Å²) in [4.78, 5) is 8.93. The van der Waals surface area contributed by atoms with Crippen LogP contribution in [0.15, 0.2) is 40.7 Å². The first-order chi connectivity index (χ1) is 13.6. The molecule has 1 aromatic heterocycles. The van der Waals surface area contributed by atoms with Crippen molar-refractivity contribution in [1.82, 2.24) is 20.9 Å². The van der Waals surface area contributed by atoms with E-state index in [1.165, 1.54) is 31.2 Å².